The molecule has 2 aromatic carbocycles. The molecule has 2 N–H and O–H groups in total. The van der Waals surface area contributed by atoms with E-state index >= 15 is 0 Å². The van der Waals surface area contributed by atoms with Gasteiger partial charge >= 0.3 is 0 Å². The molecule has 0 aliphatic rings. The molecule has 0 radical (unpaired) electrons. The zero-order chi connectivity index (χ0) is 17.5. The van der Waals surface area contributed by atoms with Crippen molar-refractivity contribution in [2.45, 2.75) is 18.7 Å². The highest BCUT2D eigenvalue weighted by Crippen LogP contribution is 2.22. The van der Waals surface area contributed by atoms with Gasteiger partial charge in [-0.2, -0.15) is 0 Å². The maximum absolute atomic E-state index is 11.1. The molecule has 0 fully saturated rings. The standard InChI is InChI=1S/C9H10ClNO.C7H9NO2S/c1-6-3-4-8(10)9(5-6)11-7(2)12;1-8-11(9,10)7-5-3-2-4-6-7/h3-5H,1-2H3,(H,11,12);2-6,8H,1H3. The molecule has 0 saturated heterocycles. The van der Waals surface area contributed by atoms with Crippen LogP contribution in [0.25, 0.3) is 0 Å². The Kier molecular flexibility index (Phi) is 7.22. The molecule has 2 aromatic rings. The van der Waals surface area contributed by atoms with Crippen molar-refractivity contribution < 1.29 is 13.2 Å². The van der Waals surface area contributed by atoms with Crippen molar-refractivity contribution in [3.63, 3.8) is 0 Å². The molecule has 2 rings (SSSR count). The van der Waals surface area contributed by atoms with Crippen molar-refractivity contribution >= 4 is 33.2 Å². The van der Waals surface area contributed by atoms with Crippen molar-refractivity contribution in [1.29, 1.82) is 0 Å². The van der Waals surface area contributed by atoms with Crippen molar-refractivity contribution in [2.75, 3.05) is 12.4 Å². The molecule has 0 aliphatic heterocycles. The van der Waals surface area contributed by atoms with Gasteiger partial charge in [0.05, 0.1) is 15.6 Å². The van der Waals surface area contributed by atoms with Gasteiger partial charge in [-0.1, -0.05) is 35.9 Å². The Bertz CT molecular complexity index is 762. The van der Waals surface area contributed by atoms with E-state index in [-0.39, 0.29) is 5.91 Å². The molecule has 0 aliphatic carbocycles. The molecule has 0 saturated carbocycles. The second-order valence-corrected chi connectivity index (χ2v) is 6.98. The van der Waals surface area contributed by atoms with Gasteiger partial charge in [0.1, 0.15) is 0 Å². The van der Waals surface area contributed by atoms with Crippen LogP contribution in [-0.4, -0.2) is 21.4 Å². The van der Waals surface area contributed by atoms with Crippen LogP contribution >= 0.6 is 11.6 Å². The number of sulfonamides is 1. The van der Waals surface area contributed by atoms with Crippen LogP contribution < -0.4 is 10.0 Å². The average Bonchev–Trinajstić information content (AvgIpc) is 2.52. The maximum atomic E-state index is 11.1. The lowest BCUT2D eigenvalue weighted by molar-refractivity contribution is -0.114. The van der Waals surface area contributed by atoms with Crippen LogP contribution in [0.2, 0.25) is 5.02 Å². The number of nitrogens with one attached hydrogen (secondary N) is 2. The summed E-state index contributed by atoms with van der Waals surface area (Å²) in [6.45, 7) is 3.40. The number of carbonyl (C=O) groups excluding carboxylic acids is 1. The van der Waals surface area contributed by atoms with Gasteiger partial charge in [-0.25, -0.2) is 13.1 Å². The van der Waals surface area contributed by atoms with E-state index in [1.54, 1.807) is 36.4 Å². The smallest absolute Gasteiger partial charge is 0.240 e. The van der Waals surface area contributed by atoms with Crippen LogP contribution in [-0.2, 0) is 14.8 Å². The summed E-state index contributed by atoms with van der Waals surface area (Å²) < 4.78 is 24.4. The number of aryl methyl sites for hydroxylation is 1. The summed E-state index contributed by atoms with van der Waals surface area (Å²) in [5, 5.41) is 3.21. The molecule has 7 heteroatoms. The third-order valence-electron chi connectivity index (χ3n) is 2.75. The first-order chi connectivity index (χ1) is 10.8. The fraction of sp³-hybridized carbons (Fsp3) is 0.188. The van der Waals surface area contributed by atoms with E-state index in [1.807, 2.05) is 19.1 Å². The quantitative estimate of drug-likeness (QED) is 0.888. The molecule has 23 heavy (non-hydrogen) atoms. The third kappa shape index (κ3) is 6.40. The predicted molar refractivity (Wildman–Crippen MR) is 93.2 cm³/mol. The van der Waals surface area contributed by atoms with Crippen LogP contribution in [0, 0.1) is 6.92 Å². The molecule has 0 heterocycles. The number of hydrogen-bond donors (Lipinski definition) is 2. The lowest BCUT2D eigenvalue weighted by Gasteiger charge is -2.04. The van der Waals surface area contributed by atoms with Gasteiger partial charge < -0.3 is 5.32 Å². The Balaban J connectivity index is 0.000000231. The van der Waals surface area contributed by atoms with Crippen molar-refractivity contribution in [3.8, 4) is 0 Å². The zero-order valence-corrected chi connectivity index (χ0v) is 14.7. The van der Waals surface area contributed by atoms with Gasteiger partial charge in [-0.05, 0) is 43.8 Å². The molecular formula is C16H19ClN2O3S. The number of halogens is 1. The lowest BCUT2D eigenvalue weighted by Crippen LogP contribution is -2.18. The maximum Gasteiger partial charge on any atom is 0.240 e. The normalized spacial score (nSPS) is 10.4. The van der Waals surface area contributed by atoms with E-state index < -0.39 is 10.0 Å². The van der Waals surface area contributed by atoms with Crippen molar-refractivity contribution in [2.24, 2.45) is 0 Å². The average molecular weight is 355 g/mol. The molecule has 1 amide bonds. The molecule has 0 unspecified atom stereocenters. The van der Waals surface area contributed by atoms with Gasteiger partial charge in [0.2, 0.25) is 15.9 Å². The Hall–Kier alpha value is -1.89. The van der Waals surface area contributed by atoms with E-state index in [9.17, 15) is 13.2 Å². The first-order valence-electron chi connectivity index (χ1n) is 6.78. The Morgan fingerprint density at radius 1 is 1.09 bits per heavy atom. The van der Waals surface area contributed by atoms with Gasteiger partial charge in [0, 0.05) is 6.92 Å². The predicted octanol–water partition coefficient (Wildman–Crippen LogP) is 3.20. The number of hydrogen-bond acceptors (Lipinski definition) is 3. The minimum Gasteiger partial charge on any atom is -0.325 e. The molecule has 0 spiro atoms. The SMILES string of the molecule is CC(=O)Nc1cc(C)ccc1Cl.CNS(=O)(=O)c1ccccc1. The summed E-state index contributed by atoms with van der Waals surface area (Å²) in [4.78, 5) is 11.0. The van der Waals surface area contributed by atoms with Gasteiger partial charge in [-0.3, -0.25) is 4.79 Å². The Morgan fingerprint density at radius 2 is 1.70 bits per heavy atom. The molecule has 0 aromatic heterocycles. The Labute approximate surface area is 141 Å². The summed E-state index contributed by atoms with van der Waals surface area (Å²) in [6, 6.07) is 13.7. The summed E-state index contributed by atoms with van der Waals surface area (Å²) in [6.07, 6.45) is 0. The fourth-order valence-electron chi connectivity index (χ4n) is 1.64. The first-order valence-corrected chi connectivity index (χ1v) is 8.64. The van der Waals surface area contributed by atoms with Gasteiger partial charge in [0.25, 0.3) is 0 Å². The summed E-state index contributed by atoms with van der Waals surface area (Å²) >= 11 is 5.83. The van der Waals surface area contributed by atoms with E-state index in [0.717, 1.165) is 5.56 Å². The number of amides is 1. The topological polar surface area (TPSA) is 75.3 Å². The summed E-state index contributed by atoms with van der Waals surface area (Å²) in [5.41, 5.74) is 1.74. The van der Waals surface area contributed by atoms with Gasteiger partial charge in [-0.15, -0.1) is 0 Å². The molecule has 0 bridgehead atoms. The minimum absolute atomic E-state index is 0.109. The van der Waals surface area contributed by atoms with E-state index in [0.29, 0.717) is 15.6 Å². The number of benzene rings is 2. The van der Waals surface area contributed by atoms with Crippen molar-refractivity contribution in [3.05, 3.63) is 59.1 Å². The molecule has 124 valence electrons. The van der Waals surface area contributed by atoms with E-state index in [1.165, 1.54) is 14.0 Å². The van der Waals surface area contributed by atoms with Crippen molar-refractivity contribution in [1.82, 2.24) is 4.72 Å². The van der Waals surface area contributed by atoms with Crippen LogP contribution in [0.1, 0.15) is 12.5 Å². The summed E-state index contributed by atoms with van der Waals surface area (Å²) in [7, 11) is -1.86. The summed E-state index contributed by atoms with van der Waals surface area (Å²) in [5.74, 6) is -0.109. The Morgan fingerprint density at radius 3 is 2.22 bits per heavy atom. The monoisotopic (exact) mass is 354 g/mol. The van der Waals surface area contributed by atoms with Crippen LogP contribution in [0.15, 0.2) is 53.4 Å². The highest BCUT2D eigenvalue weighted by molar-refractivity contribution is 7.89. The van der Waals surface area contributed by atoms with E-state index in [2.05, 4.69) is 10.0 Å². The van der Waals surface area contributed by atoms with Gasteiger partial charge in [0.15, 0.2) is 0 Å². The number of anilines is 1. The van der Waals surface area contributed by atoms with Crippen LogP contribution in [0.5, 0.6) is 0 Å². The lowest BCUT2D eigenvalue weighted by atomic mass is 10.2. The van der Waals surface area contributed by atoms with E-state index in [4.69, 9.17) is 11.6 Å². The number of carbonyl (C=O) groups is 1. The third-order valence-corrected chi connectivity index (χ3v) is 4.51. The minimum atomic E-state index is -3.25. The first kappa shape index (κ1) is 19.2. The van der Waals surface area contributed by atoms with Crippen LogP contribution in [0.4, 0.5) is 5.69 Å². The largest absolute Gasteiger partial charge is 0.325 e. The zero-order valence-electron chi connectivity index (χ0n) is 13.1. The second-order valence-electron chi connectivity index (χ2n) is 4.69. The highest BCUT2D eigenvalue weighted by atomic mass is 35.5. The highest BCUT2D eigenvalue weighted by Gasteiger charge is 2.08. The fourth-order valence-corrected chi connectivity index (χ4v) is 2.56. The molecular weight excluding hydrogens is 336 g/mol. The molecule has 0 atom stereocenters. The molecule has 5 nitrogen and oxygen atoms in total. The number of rotatable bonds is 3. The van der Waals surface area contributed by atoms with Crippen LogP contribution in [0.3, 0.4) is 0 Å². The second kappa shape index (κ2) is 8.67.